The van der Waals surface area contributed by atoms with Gasteiger partial charge in [-0.15, -0.1) is 0 Å². The summed E-state index contributed by atoms with van der Waals surface area (Å²) in [6, 6.07) is 16.0. The van der Waals surface area contributed by atoms with Gasteiger partial charge in [0.2, 0.25) is 5.69 Å². The summed E-state index contributed by atoms with van der Waals surface area (Å²) in [5, 5.41) is 18.6. The number of benzene rings is 2. The fraction of sp³-hybridized carbons (Fsp3) is 0.346. The third-order valence-corrected chi connectivity index (χ3v) is 6.08. The summed E-state index contributed by atoms with van der Waals surface area (Å²) in [5.41, 5.74) is 5.80. The second-order valence-electron chi connectivity index (χ2n) is 8.69. The molecule has 1 aliphatic heterocycles. The molecule has 2 aromatic carbocycles. The Morgan fingerprint density at radius 1 is 1.00 bits per heavy atom. The molecular weight excluding hydrogens is 404 g/mol. The number of nitrogens with zero attached hydrogens (tertiary/aromatic N) is 2. The fourth-order valence-electron chi connectivity index (χ4n) is 4.39. The molecular formula is C26H31N2O4+. The number of anilines is 1. The first-order chi connectivity index (χ1) is 15.1. The number of carboxylic acid groups (broad SMARTS) is 2. The number of hydrogen-bond donors (Lipinski definition) is 2. The van der Waals surface area contributed by atoms with E-state index in [2.05, 4.69) is 30.6 Å². The van der Waals surface area contributed by atoms with E-state index in [1.54, 1.807) is 0 Å². The van der Waals surface area contributed by atoms with Crippen LogP contribution in [0.15, 0.2) is 60.3 Å². The van der Waals surface area contributed by atoms with Gasteiger partial charge in [0.1, 0.15) is 6.42 Å². The second kappa shape index (κ2) is 9.39. The third kappa shape index (κ3) is 4.74. The average molecular weight is 436 g/mol. The largest absolute Gasteiger partial charge is 0.481 e. The third-order valence-electron chi connectivity index (χ3n) is 6.08. The molecule has 0 bridgehead atoms. The van der Waals surface area contributed by atoms with Gasteiger partial charge in [0.25, 0.3) is 0 Å². The Kier molecular flexibility index (Phi) is 6.82. The van der Waals surface area contributed by atoms with E-state index in [0.29, 0.717) is 13.1 Å². The number of allylic oxidation sites excluding steroid dienone is 2. The summed E-state index contributed by atoms with van der Waals surface area (Å²) in [4.78, 5) is 24.7. The number of carboxylic acids is 2. The number of carbonyl (C=O) groups is 2. The summed E-state index contributed by atoms with van der Waals surface area (Å²) in [7, 11) is 0. The summed E-state index contributed by atoms with van der Waals surface area (Å²) < 4.78 is 2.08. The van der Waals surface area contributed by atoms with Gasteiger partial charge in [-0.1, -0.05) is 36.4 Å². The minimum Gasteiger partial charge on any atom is -0.481 e. The van der Waals surface area contributed by atoms with Gasteiger partial charge in [0, 0.05) is 35.6 Å². The highest BCUT2D eigenvalue weighted by atomic mass is 16.4. The maximum Gasteiger partial charge on any atom is 0.309 e. The van der Waals surface area contributed by atoms with Gasteiger partial charge >= 0.3 is 11.9 Å². The zero-order valence-corrected chi connectivity index (χ0v) is 19.1. The van der Waals surface area contributed by atoms with E-state index < -0.39 is 11.9 Å². The number of para-hydroxylation sites is 2. The first-order valence-electron chi connectivity index (χ1n) is 10.8. The summed E-state index contributed by atoms with van der Waals surface area (Å²) in [6.45, 7) is 8.99. The molecule has 3 rings (SSSR count). The fourth-order valence-corrected chi connectivity index (χ4v) is 4.39. The molecule has 0 saturated carbocycles. The molecule has 168 valence electrons. The Balaban J connectivity index is 2.11. The lowest BCUT2D eigenvalue weighted by atomic mass is 9.81. The van der Waals surface area contributed by atoms with Crippen molar-refractivity contribution >= 4 is 29.0 Å². The highest BCUT2D eigenvalue weighted by molar-refractivity contribution is 6.03. The number of rotatable bonds is 9. The average Bonchev–Trinajstić information content (AvgIpc) is 2.94. The Labute approximate surface area is 189 Å². The Morgan fingerprint density at radius 2 is 1.62 bits per heavy atom. The molecule has 6 nitrogen and oxygen atoms in total. The zero-order chi connectivity index (χ0) is 23.5. The van der Waals surface area contributed by atoms with Crippen LogP contribution in [0.3, 0.4) is 0 Å². The quantitative estimate of drug-likeness (QED) is 0.557. The molecule has 32 heavy (non-hydrogen) atoms. The predicted octanol–water partition coefficient (Wildman–Crippen LogP) is 4.73. The van der Waals surface area contributed by atoms with E-state index >= 15 is 0 Å². The van der Waals surface area contributed by atoms with Crippen LogP contribution in [-0.2, 0) is 15.0 Å². The van der Waals surface area contributed by atoms with Crippen LogP contribution in [0.2, 0.25) is 0 Å². The Bertz CT molecular complexity index is 1100. The van der Waals surface area contributed by atoms with Crippen LogP contribution in [0, 0.1) is 6.92 Å². The zero-order valence-electron chi connectivity index (χ0n) is 19.1. The normalized spacial score (nSPS) is 14.9. The van der Waals surface area contributed by atoms with Crippen molar-refractivity contribution in [1.82, 2.24) is 0 Å². The van der Waals surface area contributed by atoms with E-state index in [-0.39, 0.29) is 18.3 Å². The van der Waals surface area contributed by atoms with Crippen LogP contribution in [0.5, 0.6) is 0 Å². The van der Waals surface area contributed by atoms with Crippen LogP contribution >= 0.6 is 0 Å². The van der Waals surface area contributed by atoms with E-state index in [1.165, 1.54) is 0 Å². The lowest BCUT2D eigenvalue weighted by molar-refractivity contribution is -0.436. The van der Waals surface area contributed by atoms with Crippen LogP contribution < -0.4 is 4.90 Å². The van der Waals surface area contributed by atoms with Crippen LogP contribution in [-0.4, -0.2) is 45.5 Å². The van der Waals surface area contributed by atoms with Crippen molar-refractivity contribution in [1.29, 1.82) is 0 Å². The molecule has 0 atom stereocenters. The lowest BCUT2D eigenvalue weighted by Crippen LogP contribution is -2.31. The molecule has 2 N–H and O–H groups in total. The van der Waals surface area contributed by atoms with E-state index in [9.17, 15) is 19.8 Å². The highest BCUT2D eigenvalue weighted by Gasteiger charge is 2.44. The molecule has 1 heterocycles. The first kappa shape index (κ1) is 23.3. The van der Waals surface area contributed by atoms with E-state index in [1.807, 2.05) is 61.2 Å². The molecule has 0 radical (unpaired) electrons. The van der Waals surface area contributed by atoms with Crippen LogP contribution in [0.4, 0.5) is 11.4 Å². The molecule has 6 heteroatoms. The summed E-state index contributed by atoms with van der Waals surface area (Å²) in [5.74, 6) is -1.68. The van der Waals surface area contributed by atoms with E-state index in [0.717, 1.165) is 33.9 Å². The number of aryl methyl sites for hydroxylation is 1. The minimum atomic E-state index is -0.847. The SMILES string of the molecule is C/C(=C\C1=[N+](CCC(=O)O)c2ccccc2C1(C)C)N(CCC(=O)O)c1ccccc1C. The maximum atomic E-state index is 11.3. The van der Waals surface area contributed by atoms with Crippen molar-refractivity contribution in [3.8, 4) is 0 Å². The molecule has 0 aromatic heterocycles. The maximum absolute atomic E-state index is 11.3. The van der Waals surface area contributed by atoms with Gasteiger partial charge in [0.05, 0.1) is 11.8 Å². The molecule has 0 unspecified atom stereocenters. The van der Waals surface area contributed by atoms with Crippen LogP contribution in [0.25, 0.3) is 0 Å². The van der Waals surface area contributed by atoms with Crippen molar-refractivity contribution in [2.45, 2.75) is 46.0 Å². The Hall–Kier alpha value is -3.41. The van der Waals surface area contributed by atoms with Gasteiger partial charge in [-0.3, -0.25) is 9.59 Å². The molecule has 0 spiro atoms. The smallest absolute Gasteiger partial charge is 0.309 e. The predicted molar refractivity (Wildman–Crippen MR) is 126 cm³/mol. The summed E-state index contributed by atoms with van der Waals surface area (Å²) in [6.07, 6.45) is 2.12. The Morgan fingerprint density at radius 3 is 2.28 bits per heavy atom. The molecule has 0 aliphatic carbocycles. The lowest BCUT2D eigenvalue weighted by Gasteiger charge is -2.27. The van der Waals surface area contributed by atoms with Gasteiger partial charge in [-0.05, 0) is 39.3 Å². The number of hydrogen-bond acceptors (Lipinski definition) is 3. The van der Waals surface area contributed by atoms with Gasteiger partial charge < -0.3 is 15.1 Å². The number of aliphatic carboxylic acids is 2. The van der Waals surface area contributed by atoms with Crippen molar-refractivity contribution in [3.05, 3.63) is 71.4 Å². The standard InChI is InChI=1S/C26H30N2O4/c1-18-9-5-7-11-21(18)27(15-13-24(29)30)19(2)17-23-26(3,4)20-10-6-8-12-22(20)28(23)16-14-25(31)32/h5-12,17H,13-16H2,1-4H3,(H-,29,30,31,32)/p+1. The van der Waals surface area contributed by atoms with E-state index in [4.69, 9.17) is 0 Å². The summed E-state index contributed by atoms with van der Waals surface area (Å²) >= 11 is 0. The van der Waals surface area contributed by atoms with Gasteiger partial charge in [-0.25, -0.2) is 0 Å². The van der Waals surface area contributed by atoms with Gasteiger partial charge in [0.15, 0.2) is 12.3 Å². The number of fused-ring (bicyclic) bond motifs is 1. The van der Waals surface area contributed by atoms with Gasteiger partial charge in [-0.2, -0.15) is 4.58 Å². The molecule has 0 amide bonds. The van der Waals surface area contributed by atoms with Crippen LogP contribution in [0.1, 0.15) is 44.7 Å². The van der Waals surface area contributed by atoms with Crippen molar-refractivity contribution in [3.63, 3.8) is 0 Å². The minimum absolute atomic E-state index is 0.0151. The molecule has 1 aliphatic rings. The van der Waals surface area contributed by atoms with Crippen molar-refractivity contribution in [2.24, 2.45) is 0 Å². The first-order valence-corrected chi connectivity index (χ1v) is 10.8. The second-order valence-corrected chi connectivity index (χ2v) is 8.69. The topological polar surface area (TPSA) is 80.9 Å². The van der Waals surface area contributed by atoms with Crippen molar-refractivity contribution in [2.75, 3.05) is 18.0 Å². The highest BCUT2D eigenvalue weighted by Crippen LogP contribution is 2.40. The molecule has 0 fully saturated rings. The van der Waals surface area contributed by atoms with Crippen molar-refractivity contribution < 1.29 is 24.4 Å². The molecule has 2 aromatic rings. The monoisotopic (exact) mass is 435 g/mol. The molecule has 0 saturated heterocycles.